The van der Waals surface area contributed by atoms with Gasteiger partial charge in [0.25, 0.3) is 0 Å². The fraction of sp³-hybridized carbons (Fsp3) is 0.750. The fourth-order valence-electron chi connectivity index (χ4n) is 5.46. The SMILES string of the molecule is CC1(C)O[C@H]2[C@@H](O1)[C@@H](CO[P@](=O)(c1ccccc1)C1CCCCC1)O[C@@H]1OC(C)(C)O[C@@H]12. The van der Waals surface area contributed by atoms with E-state index in [0.717, 1.165) is 31.0 Å². The van der Waals surface area contributed by atoms with Crippen LogP contribution in [0.15, 0.2) is 30.3 Å². The minimum absolute atomic E-state index is 0.0352. The maximum atomic E-state index is 14.4. The summed E-state index contributed by atoms with van der Waals surface area (Å²) in [7, 11) is -3.08. The number of rotatable bonds is 5. The lowest BCUT2D eigenvalue weighted by Crippen LogP contribution is -2.56. The Bertz CT molecular complexity index is 851. The van der Waals surface area contributed by atoms with E-state index in [0.29, 0.717) is 0 Å². The topological polar surface area (TPSA) is 72.5 Å². The van der Waals surface area contributed by atoms with Crippen LogP contribution in [0.3, 0.4) is 0 Å². The van der Waals surface area contributed by atoms with Crippen LogP contribution in [0.5, 0.6) is 0 Å². The largest absolute Gasteiger partial charge is 0.342 e. The van der Waals surface area contributed by atoms with Gasteiger partial charge < -0.3 is 28.2 Å². The highest BCUT2D eigenvalue weighted by Gasteiger charge is 2.61. The van der Waals surface area contributed by atoms with Crippen molar-refractivity contribution in [1.29, 1.82) is 0 Å². The third kappa shape index (κ3) is 4.34. The minimum Gasteiger partial charge on any atom is -0.342 e. The first-order valence-corrected chi connectivity index (χ1v) is 13.5. The Balaban J connectivity index is 1.38. The Kier molecular flexibility index (Phi) is 6.07. The Morgan fingerprint density at radius 3 is 2.22 bits per heavy atom. The molecule has 178 valence electrons. The molecule has 6 atom stereocenters. The number of ether oxygens (including phenoxy) is 5. The molecule has 3 saturated heterocycles. The van der Waals surface area contributed by atoms with Crippen molar-refractivity contribution >= 4 is 12.7 Å². The number of hydrogen-bond acceptors (Lipinski definition) is 7. The Labute approximate surface area is 190 Å². The van der Waals surface area contributed by atoms with Gasteiger partial charge in [-0.05, 0) is 52.7 Å². The third-order valence-electron chi connectivity index (χ3n) is 6.85. The molecule has 0 radical (unpaired) electrons. The molecule has 3 aliphatic heterocycles. The monoisotopic (exact) mass is 466 g/mol. The van der Waals surface area contributed by atoms with Gasteiger partial charge in [0.05, 0.1) is 6.61 Å². The van der Waals surface area contributed by atoms with Crippen LogP contribution in [-0.2, 0) is 32.8 Å². The smallest absolute Gasteiger partial charge is 0.235 e. The lowest BCUT2D eigenvalue weighted by atomic mass is 9.99. The van der Waals surface area contributed by atoms with Crippen molar-refractivity contribution in [2.75, 3.05) is 6.61 Å². The van der Waals surface area contributed by atoms with Gasteiger partial charge in [-0.2, -0.15) is 0 Å². The first kappa shape index (κ1) is 23.0. The molecule has 0 unspecified atom stereocenters. The molecule has 0 amide bonds. The molecule has 0 aromatic heterocycles. The van der Waals surface area contributed by atoms with Crippen molar-refractivity contribution in [3.05, 3.63) is 30.3 Å². The summed E-state index contributed by atoms with van der Waals surface area (Å²) in [6.45, 7) is 7.65. The second kappa shape index (κ2) is 8.46. The molecule has 0 bridgehead atoms. The predicted octanol–water partition coefficient (Wildman–Crippen LogP) is 4.34. The molecule has 3 heterocycles. The summed E-state index contributed by atoms with van der Waals surface area (Å²) in [4.78, 5) is 0. The van der Waals surface area contributed by atoms with E-state index in [1.165, 1.54) is 6.42 Å². The van der Waals surface area contributed by atoms with Gasteiger partial charge in [0.1, 0.15) is 24.4 Å². The molecule has 1 aromatic rings. The van der Waals surface area contributed by atoms with E-state index in [1.807, 2.05) is 58.0 Å². The second-order valence-electron chi connectivity index (χ2n) is 10.2. The zero-order valence-corrected chi connectivity index (χ0v) is 20.3. The molecular weight excluding hydrogens is 431 g/mol. The molecule has 1 aliphatic carbocycles. The molecule has 4 fully saturated rings. The maximum Gasteiger partial charge on any atom is 0.235 e. The van der Waals surface area contributed by atoms with E-state index in [-0.39, 0.29) is 30.6 Å². The maximum absolute atomic E-state index is 14.4. The van der Waals surface area contributed by atoms with Gasteiger partial charge in [-0.25, -0.2) is 0 Å². The molecule has 0 N–H and O–H groups in total. The Morgan fingerprint density at radius 2 is 1.50 bits per heavy atom. The summed E-state index contributed by atoms with van der Waals surface area (Å²) in [5.41, 5.74) is 0.0352. The summed E-state index contributed by atoms with van der Waals surface area (Å²) >= 11 is 0. The molecule has 4 aliphatic rings. The van der Waals surface area contributed by atoms with Crippen LogP contribution < -0.4 is 5.30 Å². The number of hydrogen-bond donors (Lipinski definition) is 0. The van der Waals surface area contributed by atoms with E-state index in [9.17, 15) is 4.57 Å². The van der Waals surface area contributed by atoms with Crippen LogP contribution in [0.1, 0.15) is 59.8 Å². The van der Waals surface area contributed by atoms with Crippen molar-refractivity contribution in [2.45, 2.75) is 108 Å². The number of fused-ring (bicyclic) bond motifs is 3. The molecule has 32 heavy (non-hydrogen) atoms. The van der Waals surface area contributed by atoms with E-state index >= 15 is 0 Å². The molecule has 5 rings (SSSR count). The lowest BCUT2D eigenvalue weighted by Gasteiger charge is -2.38. The highest BCUT2D eigenvalue weighted by molar-refractivity contribution is 7.67. The molecule has 1 aromatic carbocycles. The Morgan fingerprint density at radius 1 is 0.875 bits per heavy atom. The number of benzene rings is 1. The van der Waals surface area contributed by atoms with Crippen LogP contribution in [-0.4, -0.2) is 54.5 Å². The predicted molar refractivity (Wildman–Crippen MR) is 119 cm³/mol. The first-order chi connectivity index (χ1) is 15.2. The van der Waals surface area contributed by atoms with Crippen LogP contribution in [0, 0.1) is 0 Å². The summed E-state index contributed by atoms with van der Waals surface area (Å²) in [6, 6.07) is 9.63. The van der Waals surface area contributed by atoms with Crippen molar-refractivity contribution in [2.24, 2.45) is 0 Å². The Hall–Kier alpha value is -0.790. The van der Waals surface area contributed by atoms with Gasteiger partial charge >= 0.3 is 0 Å². The molecule has 8 heteroatoms. The van der Waals surface area contributed by atoms with Crippen molar-refractivity contribution in [3.63, 3.8) is 0 Å². The minimum atomic E-state index is -3.08. The fourth-order valence-corrected chi connectivity index (χ4v) is 8.24. The first-order valence-electron chi connectivity index (χ1n) is 11.8. The van der Waals surface area contributed by atoms with Gasteiger partial charge in [-0.15, -0.1) is 0 Å². The molecule has 7 nitrogen and oxygen atoms in total. The quantitative estimate of drug-likeness (QED) is 0.598. The van der Waals surface area contributed by atoms with Crippen LogP contribution >= 0.6 is 7.37 Å². The molecule has 1 saturated carbocycles. The van der Waals surface area contributed by atoms with Crippen molar-refractivity contribution in [3.8, 4) is 0 Å². The van der Waals surface area contributed by atoms with Crippen molar-refractivity contribution < 1.29 is 32.8 Å². The average Bonchev–Trinajstić information content (AvgIpc) is 3.27. The highest BCUT2D eigenvalue weighted by atomic mass is 31.2. The zero-order chi connectivity index (χ0) is 22.6. The standard InChI is InChI=1S/C24H35O7P/c1-23(2)28-19-18(27-22-21(20(19)29-23)30-24(3,4)31-22)15-26-32(25,16-11-7-5-8-12-16)17-13-9-6-10-14-17/h5,7-8,11-12,17-22H,6,9-10,13-15H2,1-4H3/t18-,19+,20+,21-,22-,32-/m1/s1. The summed E-state index contributed by atoms with van der Waals surface area (Å²) < 4.78 is 51.5. The van der Waals surface area contributed by atoms with Crippen LogP contribution in [0.2, 0.25) is 0 Å². The summed E-state index contributed by atoms with van der Waals surface area (Å²) in [6.07, 6.45) is 3.05. The normalized spacial score (nSPS) is 38.1. The molecular formula is C24H35O7P. The van der Waals surface area contributed by atoms with Gasteiger partial charge in [0, 0.05) is 11.0 Å². The summed E-state index contributed by atoms with van der Waals surface area (Å²) in [5, 5.41) is 0.780. The highest BCUT2D eigenvalue weighted by Crippen LogP contribution is 2.56. The average molecular weight is 467 g/mol. The van der Waals surface area contributed by atoms with Gasteiger partial charge in [-0.3, -0.25) is 4.57 Å². The van der Waals surface area contributed by atoms with Gasteiger partial charge in [-0.1, -0.05) is 37.5 Å². The van der Waals surface area contributed by atoms with Gasteiger partial charge in [0.15, 0.2) is 17.9 Å². The lowest BCUT2D eigenvalue weighted by molar-refractivity contribution is -0.238. The van der Waals surface area contributed by atoms with E-state index in [1.54, 1.807) is 0 Å². The second-order valence-corrected chi connectivity index (χ2v) is 12.9. The van der Waals surface area contributed by atoms with E-state index in [4.69, 9.17) is 28.2 Å². The van der Waals surface area contributed by atoms with E-state index < -0.39 is 31.3 Å². The third-order valence-corrected chi connectivity index (χ3v) is 9.88. The van der Waals surface area contributed by atoms with Gasteiger partial charge in [0.2, 0.25) is 7.37 Å². The zero-order valence-electron chi connectivity index (χ0n) is 19.4. The van der Waals surface area contributed by atoms with E-state index in [2.05, 4.69) is 0 Å². The van der Waals surface area contributed by atoms with Crippen molar-refractivity contribution in [1.82, 2.24) is 0 Å². The van der Waals surface area contributed by atoms with Crippen LogP contribution in [0.4, 0.5) is 0 Å². The summed E-state index contributed by atoms with van der Waals surface area (Å²) in [5.74, 6) is -1.54. The van der Waals surface area contributed by atoms with Crippen LogP contribution in [0.25, 0.3) is 0 Å². The molecule has 0 spiro atoms.